The summed E-state index contributed by atoms with van der Waals surface area (Å²) in [7, 11) is 1.61. The summed E-state index contributed by atoms with van der Waals surface area (Å²) in [5, 5.41) is 5.77. The highest BCUT2D eigenvalue weighted by atomic mass is 19.1. The zero-order chi connectivity index (χ0) is 17.6. The van der Waals surface area contributed by atoms with Crippen LogP contribution >= 0.6 is 0 Å². The van der Waals surface area contributed by atoms with Gasteiger partial charge in [-0.25, -0.2) is 18.7 Å². The monoisotopic (exact) mass is 342 g/mol. The molecule has 0 aliphatic rings. The van der Waals surface area contributed by atoms with Gasteiger partial charge in [-0.15, -0.1) is 0 Å². The van der Waals surface area contributed by atoms with E-state index in [1.54, 1.807) is 13.2 Å². The van der Waals surface area contributed by atoms with Gasteiger partial charge in [-0.2, -0.15) is 0 Å². The number of methoxy groups -OCH3 is 1. The lowest BCUT2D eigenvalue weighted by molar-refractivity contribution is 0.414. The Hall–Kier alpha value is -3.22. The fourth-order valence-corrected chi connectivity index (χ4v) is 2.20. The summed E-state index contributed by atoms with van der Waals surface area (Å²) in [5.74, 6) is 0.225. The molecule has 0 atom stereocenters. The van der Waals surface area contributed by atoms with Crippen LogP contribution < -0.4 is 15.4 Å². The van der Waals surface area contributed by atoms with Gasteiger partial charge in [0, 0.05) is 12.6 Å². The van der Waals surface area contributed by atoms with Crippen molar-refractivity contribution in [2.45, 2.75) is 6.54 Å². The summed E-state index contributed by atoms with van der Waals surface area (Å²) >= 11 is 0. The van der Waals surface area contributed by atoms with Crippen molar-refractivity contribution >= 4 is 17.3 Å². The van der Waals surface area contributed by atoms with E-state index in [9.17, 15) is 8.78 Å². The molecule has 3 aromatic rings. The van der Waals surface area contributed by atoms with Crippen LogP contribution in [0.4, 0.5) is 26.1 Å². The Kier molecular flexibility index (Phi) is 5.03. The molecule has 3 rings (SSSR count). The van der Waals surface area contributed by atoms with Crippen LogP contribution in [0.2, 0.25) is 0 Å². The lowest BCUT2D eigenvalue weighted by atomic mass is 10.2. The highest BCUT2D eigenvalue weighted by Gasteiger charge is 2.09. The quantitative estimate of drug-likeness (QED) is 0.706. The van der Waals surface area contributed by atoms with Crippen LogP contribution in [0.25, 0.3) is 0 Å². The molecule has 25 heavy (non-hydrogen) atoms. The van der Waals surface area contributed by atoms with Crippen molar-refractivity contribution in [3.8, 4) is 5.75 Å². The summed E-state index contributed by atoms with van der Waals surface area (Å²) in [6, 6.07) is 12.8. The van der Waals surface area contributed by atoms with Crippen molar-refractivity contribution in [1.29, 1.82) is 0 Å². The fraction of sp³-hybridized carbons (Fsp3) is 0.111. The van der Waals surface area contributed by atoms with Crippen LogP contribution in [0.5, 0.6) is 5.75 Å². The molecule has 128 valence electrons. The minimum absolute atomic E-state index is 0.248. The average Bonchev–Trinajstić information content (AvgIpc) is 2.64. The molecule has 2 aromatic carbocycles. The third-order valence-corrected chi connectivity index (χ3v) is 3.52. The van der Waals surface area contributed by atoms with Gasteiger partial charge >= 0.3 is 0 Å². The van der Waals surface area contributed by atoms with Crippen molar-refractivity contribution in [1.82, 2.24) is 9.97 Å². The van der Waals surface area contributed by atoms with Crippen LogP contribution in [0.3, 0.4) is 0 Å². The molecule has 0 aliphatic heterocycles. The topological polar surface area (TPSA) is 59.1 Å². The van der Waals surface area contributed by atoms with Gasteiger partial charge in [-0.05, 0) is 29.8 Å². The third-order valence-electron chi connectivity index (χ3n) is 3.52. The summed E-state index contributed by atoms with van der Waals surface area (Å²) in [5.41, 5.74) is 0.788. The summed E-state index contributed by atoms with van der Waals surface area (Å²) in [6.07, 6.45) is 1.32. The highest BCUT2D eigenvalue weighted by Crippen LogP contribution is 2.23. The second-order valence-electron chi connectivity index (χ2n) is 5.21. The van der Waals surface area contributed by atoms with E-state index in [0.717, 1.165) is 11.3 Å². The molecule has 1 heterocycles. The highest BCUT2D eigenvalue weighted by molar-refractivity contribution is 5.60. The van der Waals surface area contributed by atoms with Gasteiger partial charge in [0.25, 0.3) is 0 Å². The van der Waals surface area contributed by atoms with Crippen LogP contribution in [0.1, 0.15) is 5.56 Å². The maximum Gasteiger partial charge on any atom is 0.149 e. The Morgan fingerprint density at radius 1 is 0.960 bits per heavy atom. The summed E-state index contributed by atoms with van der Waals surface area (Å²) in [4.78, 5) is 8.08. The van der Waals surface area contributed by atoms with Crippen molar-refractivity contribution < 1.29 is 13.5 Å². The molecule has 0 saturated carbocycles. The van der Waals surface area contributed by atoms with E-state index in [4.69, 9.17) is 4.74 Å². The SMILES string of the molecule is COc1ccc(CNc2cc(Nc3c(F)cccc3F)ncn2)cc1. The van der Waals surface area contributed by atoms with E-state index in [0.29, 0.717) is 12.4 Å². The molecule has 0 radical (unpaired) electrons. The van der Waals surface area contributed by atoms with Gasteiger partial charge in [0.05, 0.1) is 7.11 Å². The second-order valence-corrected chi connectivity index (χ2v) is 5.21. The first-order chi connectivity index (χ1) is 12.2. The zero-order valence-electron chi connectivity index (χ0n) is 13.5. The van der Waals surface area contributed by atoms with E-state index >= 15 is 0 Å². The first kappa shape index (κ1) is 16.6. The van der Waals surface area contributed by atoms with Gasteiger partial charge in [-0.1, -0.05) is 18.2 Å². The molecule has 0 aliphatic carbocycles. The molecular formula is C18H16F2N4O. The van der Waals surface area contributed by atoms with Crippen molar-refractivity contribution in [2.24, 2.45) is 0 Å². The van der Waals surface area contributed by atoms with Crippen LogP contribution in [0, 0.1) is 11.6 Å². The number of hydrogen-bond acceptors (Lipinski definition) is 5. The van der Waals surface area contributed by atoms with Crippen LogP contribution in [-0.4, -0.2) is 17.1 Å². The Morgan fingerprint density at radius 2 is 1.64 bits per heavy atom. The lowest BCUT2D eigenvalue weighted by Gasteiger charge is -2.10. The number of halogens is 2. The Labute approximate surface area is 143 Å². The first-order valence-corrected chi connectivity index (χ1v) is 7.55. The van der Waals surface area contributed by atoms with Crippen LogP contribution in [-0.2, 0) is 6.54 Å². The number of nitrogens with zero attached hydrogens (tertiary/aromatic N) is 2. The fourth-order valence-electron chi connectivity index (χ4n) is 2.20. The smallest absolute Gasteiger partial charge is 0.149 e. The minimum atomic E-state index is -0.689. The number of anilines is 3. The Morgan fingerprint density at radius 3 is 2.32 bits per heavy atom. The number of hydrogen-bond donors (Lipinski definition) is 2. The predicted octanol–water partition coefficient (Wildman–Crippen LogP) is 4.12. The third kappa shape index (κ3) is 4.20. The maximum atomic E-state index is 13.7. The zero-order valence-corrected chi connectivity index (χ0v) is 13.5. The normalized spacial score (nSPS) is 10.4. The van der Waals surface area contributed by atoms with Crippen molar-refractivity contribution in [3.63, 3.8) is 0 Å². The van der Waals surface area contributed by atoms with Gasteiger partial charge in [0.1, 0.15) is 41.0 Å². The summed E-state index contributed by atoms with van der Waals surface area (Å²) < 4.78 is 32.5. The number of ether oxygens (including phenoxy) is 1. The van der Waals surface area contributed by atoms with Crippen LogP contribution in [0.15, 0.2) is 54.9 Å². The van der Waals surface area contributed by atoms with E-state index < -0.39 is 11.6 Å². The molecule has 1 aromatic heterocycles. The van der Waals surface area contributed by atoms with Gasteiger partial charge in [0.15, 0.2) is 0 Å². The van der Waals surface area contributed by atoms with Gasteiger partial charge in [0.2, 0.25) is 0 Å². The molecule has 7 heteroatoms. The predicted molar refractivity (Wildman–Crippen MR) is 92.0 cm³/mol. The number of para-hydroxylation sites is 1. The molecule has 0 fully saturated rings. The molecule has 0 saturated heterocycles. The van der Waals surface area contributed by atoms with Crippen molar-refractivity contribution in [2.75, 3.05) is 17.7 Å². The van der Waals surface area contributed by atoms with E-state index in [2.05, 4.69) is 20.6 Å². The minimum Gasteiger partial charge on any atom is -0.497 e. The largest absolute Gasteiger partial charge is 0.497 e. The Bertz CT molecular complexity index is 836. The average molecular weight is 342 g/mol. The molecule has 0 amide bonds. The second kappa shape index (κ2) is 7.57. The van der Waals surface area contributed by atoms with E-state index in [-0.39, 0.29) is 11.5 Å². The van der Waals surface area contributed by atoms with Gasteiger partial charge < -0.3 is 15.4 Å². The van der Waals surface area contributed by atoms with E-state index in [1.807, 2.05) is 24.3 Å². The molecular weight excluding hydrogens is 326 g/mol. The van der Waals surface area contributed by atoms with E-state index in [1.165, 1.54) is 24.5 Å². The molecule has 0 spiro atoms. The number of rotatable bonds is 6. The maximum absolute atomic E-state index is 13.7. The number of nitrogens with one attached hydrogen (secondary N) is 2. The molecule has 0 bridgehead atoms. The van der Waals surface area contributed by atoms with Crippen molar-refractivity contribution in [3.05, 3.63) is 72.1 Å². The molecule has 5 nitrogen and oxygen atoms in total. The Balaban J connectivity index is 1.68. The number of benzene rings is 2. The van der Waals surface area contributed by atoms with Gasteiger partial charge in [-0.3, -0.25) is 0 Å². The lowest BCUT2D eigenvalue weighted by Crippen LogP contribution is -2.04. The number of aromatic nitrogens is 2. The molecule has 2 N–H and O–H groups in total. The first-order valence-electron chi connectivity index (χ1n) is 7.55. The summed E-state index contributed by atoms with van der Waals surface area (Å²) in [6.45, 7) is 0.536. The standard InChI is InChI=1S/C18H16F2N4O/c1-25-13-7-5-12(6-8-13)10-21-16-9-17(23-11-22-16)24-18-14(19)3-2-4-15(18)20/h2-9,11H,10H2,1H3,(H2,21,22,23,24). The molecule has 0 unspecified atom stereocenters.